The van der Waals surface area contributed by atoms with E-state index in [1.807, 2.05) is 18.5 Å². The summed E-state index contributed by atoms with van der Waals surface area (Å²) in [6, 6.07) is 12.5. The standard InChI is InChI=1S/C56H62N4O13/c1-3-42-35-12-14-57-41(35)25-60(42)50-52-31(17-38-44(64)15-27(2)70-53(38)50)19-47-56(71-52)23-39(32-20-48(66)59-24-32)30-16-37-28(11-13-58-49(37)40(56)18-30)5-4-6-46(72-73-47)55(69,54(68)51(67)45(65)26-61)22-29-7-10-43(63)34-9-8-33(62)21-36(29)34/h7-10,12,14-15,17,21,25,28,30,32,37,39-40,45-47,49,51,54,57-58,61-63,65,67-69H,3,5,11,13,16,18-20,22-24,26H2,1-2H3,(H,59,66)/t28-,30-,32-,37-,39-,40-,45-,46+,47-,49-,51-,54+,55+,56+/m1/s1. The highest BCUT2D eigenvalue weighted by atomic mass is 17.2. The number of hydrogen-bond donors (Lipinski definition) is 10. The summed E-state index contributed by atoms with van der Waals surface area (Å²) in [7, 11) is 0. The van der Waals surface area contributed by atoms with Gasteiger partial charge in [-0.25, -0.2) is 9.78 Å². The van der Waals surface area contributed by atoms with Crippen LogP contribution in [0.15, 0.2) is 70.1 Å². The van der Waals surface area contributed by atoms with E-state index in [4.69, 9.17) is 18.9 Å². The molecule has 1 amide bonds. The number of aliphatic hydroxyl groups is 5. The molecule has 12 rings (SSSR count). The predicted octanol–water partition coefficient (Wildman–Crippen LogP) is 4.09. The molecule has 5 bridgehead atoms. The van der Waals surface area contributed by atoms with Gasteiger partial charge in [-0.2, -0.15) is 0 Å². The Bertz CT molecular complexity index is 3280. The number of rotatable bonds is 10. The minimum atomic E-state index is -2.61. The molecule has 17 heteroatoms. The first-order valence-corrected chi connectivity index (χ1v) is 25.8. The van der Waals surface area contributed by atoms with Gasteiger partial charge in [0.15, 0.2) is 22.9 Å². The third-order valence-corrected chi connectivity index (χ3v) is 17.8. The number of benzene rings is 3. The highest BCUT2D eigenvalue weighted by molar-refractivity contribution is 5.93. The average Bonchev–Trinajstić information content (AvgIpc) is 4.12. The number of aromatic hydroxyl groups is 2. The van der Waals surface area contributed by atoms with Crippen LogP contribution >= 0.6 is 0 Å². The van der Waals surface area contributed by atoms with Crippen LogP contribution in [0.5, 0.6) is 17.2 Å². The molecule has 2 saturated carbocycles. The normalized spacial score (nSPS) is 30.7. The second kappa shape index (κ2) is 18.2. The number of piperidine rings is 1. The molecule has 7 heterocycles. The highest BCUT2D eigenvalue weighted by Gasteiger charge is 2.65. The lowest BCUT2D eigenvalue weighted by atomic mass is 9.49. The van der Waals surface area contributed by atoms with Crippen LogP contribution in [0.25, 0.3) is 38.3 Å². The van der Waals surface area contributed by atoms with E-state index in [-0.39, 0.29) is 70.8 Å². The summed E-state index contributed by atoms with van der Waals surface area (Å²) >= 11 is 0. The van der Waals surface area contributed by atoms with E-state index < -0.39 is 54.7 Å². The van der Waals surface area contributed by atoms with Gasteiger partial charge in [0.1, 0.15) is 58.6 Å². The molecular weight excluding hydrogens is 937 g/mol. The Labute approximate surface area is 420 Å². The molecular formula is C56H62N4O13. The Kier molecular flexibility index (Phi) is 12.0. The minimum Gasteiger partial charge on any atom is -0.508 e. The van der Waals surface area contributed by atoms with Gasteiger partial charge in [-0.1, -0.05) is 18.9 Å². The van der Waals surface area contributed by atoms with Crippen molar-refractivity contribution in [1.82, 2.24) is 20.2 Å². The fourth-order valence-corrected chi connectivity index (χ4v) is 14.3. The molecule has 10 N–H and O–H groups in total. The molecule has 6 aromatic rings. The molecule has 2 saturated heterocycles. The van der Waals surface area contributed by atoms with Gasteiger partial charge in [0.2, 0.25) is 5.91 Å². The maximum atomic E-state index is 14.1. The van der Waals surface area contributed by atoms with Crippen LogP contribution in [0.3, 0.4) is 0 Å². The van der Waals surface area contributed by atoms with Gasteiger partial charge in [0.05, 0.1) is 17.5 Å². The summed E-state index contributed by atoms with van der Waals surface area (Å²) in [5.74, 6) is 7.43. The maximum Gasteiger partial charge on any atom is 0.220 e. The van der Waals surface area contributed by atoms with Crippen LogP contribution in [0.2, 0.25) is 0 Å². The fraction of sp³-hybridized carbons (Fsp3) is 0.500. The van der Waals surface area contributed by atoms with Crippen molar-refractivity contribution in [2.75, 3.05) is 19.7 Å². The van der Waals surface area contributed by atoms with Crippen LogP contribution in [0.1, 0.15) is 68.0 Å². The lowest BCUT2D eigenvalue weighted by Gasteiger charge is -2.62. The molecule has 1 spiro atoms. The number of nitrogens with one attached hydrogen (secondary N) is 3. The third-order valence-electron chi connectivity index (χ3n) is 17.8. The van der Waals surface area contributed by atoms with Crippen molar-refractivity contribution in [3.63, 3.8) is 0 Å². The quantitative estimate of drug-likeness (QED) is 0.0685. The number of amides is 1. The van der Waals surface area contributed by atoms with Crippen LogP contribution in [0, 0.1) is 54.3 Å². The lowest BCUT2D eigenvalue weighted by Crippen LogP contribution is -2.71. The lowest BCUT2D eigenvalue weighted by molar-refractivity contribution is -0.397. The SMILES string of the molecule is CCc1c2cc[nH]c2cn1-c1c2c(cc3c(=O)cc(C)oc13)C[C@H]1OO[C@H]([C@@](O)(Cc3ccc(O)c4ccc(O)cc34)[C@@H](O)[C@H](O)[C@H](O)CO)C#CC[C@@H]3CCN[C@@H]4[C@@H]3C[C@@H]3C[C@H]4[C@]1(C[C@H]3[C@H]1CNC(=O)C1)O2. The molecule has 73 heavy (non-hydrogen) atoms. The first-order valence-electron chi connectivity index (χ1n) is 25.8. The number of carbonyl (C=O) groups excluding carboxylic acids is 1. The van der Waals surface area contributed by atoms with Crippen molar-refractivity contribution in [1.29, 1.82) is 0 Å². The zero-order valence-corrected chi connectivity index (χ0v) is 40.7. The van der Waals surface area contributed by atoms with Gasteiger partial charge in [0.25, 0.3) is 0 Å². The van der Waals surface area contributed by atoms with E-state index >= 15 is 0 Å². The second-order valence-electron chi connectivity index (χ2n) is 21.8. The number of phenolic OH excluding ortho intramolecular Hbond substituents is 2. The first kappa shape index (κ1) is 48.0. The Balaban J connectivity index is 1.07. The van der Waals surface area contributed by atoms with Crippen molar-refractivity contribution in [2.24, 2.45) is 35.5 Å². The zero-order valence-electron chi connectivity index (χ0n) is 40.7. The van der Waals surface area contributed by atoms with Gasteiger partial charge in [-0.15, -0.1) is 5.92 Å². The fourth-order valence-electron chi connectivity index (χ4n) is 14.3. The second-order valence-corrected chi connectivity index (χ2v) is 21.8. The largest absolute Gasteiger partial charge is 0.508 e. The number of H-pyrrole nitrogens is 1. The molecule has 14 atom stereocenters. The number of aryl methyl sites for hydroxylation is 2. The first-order chi connectivity index (χ1) is 35.2. The number of ether oxygens (including phenoxy) is 1. The Morgan fingerprint density at radius 1 is 0.945 bits per heavy atom. The number of phenols is 2. The van der Waals surface area contributed by atoms with Gasteiger partial charge in [-0.05, 0) is 123 Å². The Morgan fingerprint density at radius 3 is 2.59 bits per heavy atom. The van der Waals surface area contributed by atoms with Crippen molar-refractivity contribution in [3.8, 4) is 34.8 Å². The van der Waals surface area contributed by atoms with Crippen LogP contribution in [-0.4, -0.2) is 119 Å². The Hall–Kier alpha value is -5.94. The van der Waals surface area contributed by atoms with Crippen LogP contribution < -0.4 is 20.8 Å². The minimum absolute atomic E-state index is 0.00172. The monoisotopic (exact) mass is 998 g/mol. The van der Waals surface area contributed by atoms with E-state index in [1.165, 1.54) is 36.4 Å². The van der Waals surface area contributed by atoms with Crippen molar-refractivity contribution in [3.05, 3.63) is 93.7 Å². The topological polar surface area (TPSA) is 261 Å². The molecule has 4 aliphatic heterocycles. The van der Waals surface area contributed by atoms with E-state index in [0.29, 0.717) is 88.8 Å². The summed E-state index contributed by atoms with van der Waals surface area (Å²) in [6.45, 7) is 4.12. The number of carbonyl (C=O) groups is 1. The number of aromatic nitrogens is 2. The average molecular weight is 999 g/mol. The molecule has 6 aliphatic rings. The van der Waals surface area contributed by atoms with Crippen molar-refractivity contribution >= 4 is 38.6 Å². The molecule has 4 fully saturated rings. The highest BCUT2D eigenvalue weighted by Crippen LogP contribution is 2.61. The van der Waals surface area contributed by atoms with Gasteiger partial charge in [-0.3, -0.25) is 9.59 Å². The van der Waals surface area contributed by atoms with Crippen molar-refractivity contribution < 1.29 is 59.5 Å². The molecule has 3 aromatic carbocycles. The summed E-state index contributed by atoms with van der Waals surface area (Å²) in [6.07, 6.45) is -1.12. The number of fused-ring (bicyclic) bond motifs is 5. The number of nitrogens with zero attached hydrogens (tertiary/aromatic N) is 1. The predicted molar refractivity (Wildman–Crippen MR) is 267 cm³/mol. The summed E-state index contributed by atoms with van der Waals surface area (Å²) in [4.78, 5) is 44.1. The van der Waals surface area contributed by atoms with E-state index in [1.54, 1.807) is 13.0 Å². The smallest absolute Gasteiger partial charge is 0.220 e. The van der Waals surface area contributed by atoms with Crippen molar-refractivity contribution in [2.45, 2.75) is 119 Å². The number of hydrogen-bond acceptors (Lipinski definition) is 14. The van der Waals surface area contributed by atoms with Gasteiger partial charge >= 0.3 is 0 Å². The third kappa shape index (κ3) is 7.75. The molecule has 2 aliphatic carbocycles. The summed E-state index contributed by atoms with van der Waals surface area (Å²) in [5.41, 5.74) is -0.267. The zero-order chi connectivity index (χ0) is 50.7. The molecule has 17 nitrogen and oxygen atoms in total. The summed E-state index contributed by atoms with van der Waals surface area (Å²) in [5, 5.41) is 88.4. The molecule has 384 valence electrons. The van der Waals surface area contributed by atoms with Gasteiger partial charge < -0.3 is 65.1 Å². The van der Waals surface area contributed by atoms with E-state index in [2.05, 4.69) is 38.9 Å². The van der Waals surface area contributed by atoms with Crippen LogP contribution in [0.4, 0.5) is 0 Å². The maximum absolute atomic E-state index is 14.1. The van der Waals surface area contributed by atoms with E-state index in [0.717, 1.165) is 35.9 Å². The Morgan fingerprint density at radius 2 is 1.79 bits per heavy atom. The van der Waals surface area contributed by atoms with E-state index in [9.17, 15) is 45.3 Å². The summed E-state index contributed by atoms with van der Waals surface area (Å²) < 4.78 is 16.6. The molecule has 0 radical (unpaired) electrons. The van der Waals surface area contributed by atoms with Crippen LogP contribution in [-0.2, 0) is 33.8 Å². The molecule has 3 aromatic heterocycles. The number of aliphatic hydroxyl groups excluding tert-OH is 4. The number of aromatic amines is 1. The molecule has 0 unspecified atom stereocenters. The van der Waals surface area contributed by atoms with Gasteiger partial charge in [0, 0.05) is 84.7 Å².